The maximum absolute atomic E-state index is 13.1. The minimum atomic E-state index is -0.0221. The number of hydrogen-bond acceptors (Lipinski definition) is 7. The number of rotatable bonds is 9. The fourth-order valence-electron chi connectivity index (χ4n) is 4.82. The van der Waals surface area contributed by atoms with Crippen molar-refractivity contribution in [3.8, 4) is 5.75 Å². The number of anilines is 2. The van der Waals surface area contributed by atoms with Crippen LogP contribution in [0.3, 0.4) is 0 Å². The number of nitrogens with zero attached hydrogens (tertiary/aromatic N) is 4. The first-order chi connectivity index (χ1) is 17.9. The van der Waals surface area contributed by atoms with E-state index in [2.05, 4.69) is 81.6 Å². The number of hydrogen-bond donors (Lipinski definition) is 1. The van der Waals surface area contributed by atoms with E-state index in [4.69, 9.17) is 4.74 Å². The summed E-state index contributed by atoms with van der Waals surface area (Å²) in [5, 5.41) is 3.15. The summed E-state index contributed by atoms with van der Waals surface area (Å²) in [5.74, 6) is 2.48. The molecule has 1 N–H and O–H groups in total. The van der Waals surface area contributed by atoms with Crippen molar-refractivity contribution in [2.24, 2.45) is 0 Å². The Morgan fingerprint density at radius 3 is 2.70 bits per heavy atom. The van der Waals surface area contributed by atoms with Gasteiger partial charge in [0, 0.05) is 45.7 Å². The lowest BCUT2D eigenvalue weighted by molar-refractivity contribution is 0.0978. The monoisotopic (exact) mass is 501 g/mol. The topological polar surface area (TPSA) is 70.6 Å². The molecule has 0 saturated carbocycles. The third-order valence-corrected chi connectivity index (χ3v) is 6.92. The van der Waals surface area contributed by atoms with E-state index in [1.807, 2.05) is 26.1 Å². The van der Waals surface area contributed by atoms with Gasteiger partial charge in [0.1, 0.15) is 17.7 Å². The highest BCUT2D eigenvalue weighted by Gasteiger charge is 2.24. The third-order valence-electron chi connectivity index (χ3n) is 6.92. The van der Waals surface area contributed by atoms with Gasteiger partial charge in [0.25, 0.3) is 0 Å². The third kappa shape index (κ3) is 7.07. The zero-order valence-electron chi connectivity index (χ0n) is 22.5. The molecular weight excluding hydrogens is 462 g/mol. The molecule has 3 aromatic rings. The fraction of sp³-hybridized carbons (Fsp3) is 0.433. The molecule has 0 spiro atoms. The standard InChI is InChI=1S/C30H39N5O2/c1-5-31-30-32-21-26-27(36)15-14-22(16-19-35(4)29(26)33-30)24-12-9-13-25(20-24)37-28(17-18-34(2)3)23-10-7-6-8-11-23/h6-13,20-22,28H,5,14-19H2,1-4H3,(H,31,32,33). The van der Waals surface area contributed by atoms with E-state index in [1.165, 1.54) is 11.1 Å². The molecule has 1 aliphatic heterocycles. The molecule has 1 aliphatic rings. The predicted octanol–water partition coefficient (Wildman–Crippen LogP) is 5.57. The molecule has 0 radical (unpaired) electrons. The van der Waals surface area contributed by atoms with Crippen molar-refractivity contribution in [1.29, 1.82) is 0 Å². The number of fused-ring (bicyclic) bond motifs is 1. The second kappa shape index (κ2) is 12.7. The van der Waals surface area contributed by atoms with Crippen LogP contribution in [0.2, 0.25) is 0 Å². The van der Waals surface area contributed by atoms with E-state index in [0.717, 1.165) is 44.6 Å². The molecule has 0 saturated heterocycles. The summed E-state index contributed by atoms with van der Waals surface area (Å²) >= 11 is 0. The van der Waals surface area contributed by atoms with E-state index in [0.29, 0.717) is 23.8 Å². The number of benzene rings is 2. The minimum absolute atomic E-state index is 0.0221. The second-order valence-electron chi connectivity index (χ2n) is 10.0. The molecule has 4 rings (SSSR count). The van der Waals surface area contributed by atoms with Crippen molar-refractivity contribution < 1.29 is 9.53 Å². The number of aromatic nitrogens is 2. The smallest absolute Gasteiger partial charge is 0.224 e. The van der Waals surface area contributed by atoms with Crippen LogP contribution in [0.25, 0.3) is 0 Å². The molecule has 0 bridgehead atoms. The Hall–Kier alpha value is -3.45. The molecule has 7 nitrogen and oxygen atoms in total. The number of nitrogens with one attached hydrogen (secondary N) is 1. The van der Waals surface area contributed by atoms with Crippen LogP contribution in [0.1, 0.15) is 66.1 Å². The predicted molar refractivity (Wildman–Crippen MR) is 150 cm³/mol. The fourth-order valence-corrected chi connectivity index (χ4v) is 4.82. The summed E-state index contributed by atoms with van der Waals surface area (Å²) in [7, 11) is 6.18. The highest BCUT2D eigenvalue weighted by atomic mass is 16.5. The zero-order chi connectivity index (χ0) is 26.2. The highest BCUT2D eigenvalue weighted by molar-refractivity contribution is 6.00. The van der Waals surface area contributed by atoms with E-state index >= 15 is 0 Å². The van der Waals surface area contributed by atoms with E-state index in [9.17, 15) is 4.79 Å². The first kappa shape index (κ1) is 26.6. The normalized spacial score (nSPS) is 16.9. The summed E-state index contributed by atoms with van der Waals surface area (Å²) in [6.45, 7) is 4.48. The summed E-state index contributed by atoms with van der Waals surface area (Å²) < 4.78 is 6.56. The Labute approximate surface area is 220 Å². The molecular formula is C30H39N5O2. The zero-order valence-corrected chi connectivity index (χ0v) is 22.5. The average Bonchev–Trinajstić information content (AvgIpc) is 2.96. The summed E-state index contributed by atoms with van der Waals surface area (Å²) in [6.07, 6.45) is 4.73. The Bertz CT molecular complexity index is 1170. The lowest BCUT2D eigenvalue weighted by Crippen LogP contribution is -2.23. The Morgan fingerprint density at radius 1 is 1.14 bits per heavy atom. The molecule has 37 heavy (non-hydrogen) atoms. The highest BCUT2D eigenvalue weighted by Crippen LogP contribution is 2.33. The van der Waals surface area contributed by atoms with E-state index in [-0.39, 0.29) is 17.8 Å². The Balaban J connectivity index is 1.52. The molecule has 2 atom stereocenters. The molecule has 2 unspecified atom stereocenters. The van der Waals surface area contributed by atoms with Crippen molar-refractivity contribution >= 4 is 17.5 Å². The van der Waals surface area contributed by atoms with Crippen LogP contribution in [0.15, 0.2) is 60.8 Å². The van der Waals surface area contributed by atoms with Gasteiger partial charge in [-0.3, -0.25) is 4.79 Å². The second-order valence-corrected chi connectivity index (χ2v) is 10.0. The maximum Gasteiger partial charge on any atom is 0.224 e. The van der Waals surface area contributed by atoms with Gasteiger partial charge in [-0.1, -0.05) is 42.5 Å². The van der Waals surface area contributed by atoms with Crippen molar-refractivity contribution in [3.05, 3.63) is 77.5 Å². The minimum Gasteiger partial charge on any atom is -0.486 e. The molecule has 2 heterocycles. The average molecular weight is 502 g/mol. The number of ketones is 1. The number of ether oxygens (including phenoxy) is 1. The Kier molecular flexibility index (Phi) is 9.12. The number of carbonyl (C=O) groups excluding carboxylic acids is 1. The molecule has 1 aromatic heterocycles. The van der Waals surface area contributed by atoms with Gasteiger partial charge in [-0.2, -0.15) is 4.98 Å². The summed E-state index contributed by atoms with van der Waals surface area (Å²) in [6, 6.07) is 18.8. The van der Waals surface area contributed by atoms with Crippen molar-refractivity contribution in [1.82, 2.24) is 14.9 Å². The van der Waals surface area contributed by atoms with Gasteiger partial charge in [0.15, 0.2) is 5.78 Å². The van der Waals surface area contributed by atoms with Crippen LogP contribution in [-0.4, -0.2) is 61.4 Å². The maximum atomic E-state index is 13.1. The summed E-state index contributed by atoms with van der Waals surface area (Å²) in [4.78, 5) is 26.4. The quantitative estimate of drug-likeness (QED) is 0.411. The number of carbonyl (C=O) groups is 1. The lowest BCUT2D eigenvalue weighted by Gasteiger charge is -2.24. The number of Topliss-reactive ketones (excluding diaryl/α,β-unsaturated/α-hetero) is 1. The van der Waals surface area contributed by atoms with Gasteiger partial charge in [-0.15, -0.1) is 0 Å². The first-order valence-electron chi connectivity index (χ1n) is 13.3. The van der Waals surface area contributed by atoms with Crippen molar-refractivity contribution in [3.63, 3.8) is 0 Å². The van der Waals surface area contributed by atoms with E-state index < -0.39 is 0 Å². The van der Waals surface area contributed by atoms with Gasteiger partial charge in [0.05, 0.1) is 5.56 Å². The van der Waals surface area contributed by atoms with E-state index in [1.54, 1.807) is 6.20 Å². The Morgan fingerprint density at radius 2 is 1.95 bits per heavy atom. The summed E-state index contributed by atoms with van der Waals surface area (Å²) in [5.41, 5.74) is 3.00. The molecule has 196 valence electrons. The van der Waals surface area contributed by atoms with Crippen LogP contribution in [0.4, 0.5) is 11.8 Å². The SMILES string of the molecule is CCNc1ncc2c(n1)N(C)CCC(c1cccc(OC(CCN(C)C)c3ccccc3)c1)CCC2=O. The van der Waals surface area contributed by atoms with Crippen LogP contribution in [0, 0.1) is 0 Å². The molecule has 7 heteroatoms. The molecule has 0 amide bonds. The molecule has 2 aromatic carbocycles. The first-order valence-corrected chi connectivity index (χ1v) is 13.3. The van der Waals surface area contributed by atoms with Crippen LogP contribution < -0.4 is 15.0 Å². The van der Waals surface area contributed by atoms with Gasteiger partial charge in [-0.05, 0) is 63.0 Å². The lowest BCUT2D eigenvalue weighted by atomic mass is 9.90. The molecule has 0 fully saturated rings. The van der Waals surface area contributed by atoms with Crippen LogP contribution in [-0.2, 0) is 0 Å². The van der Waals surface area contributed by atoms with Gasteiger partial charge in [-0.25, -0.2) is 4.98 Å². The van der Waals surface area contributed by atoms with Crippen molar-refractivity contribution in [2.45, 2.75) is 44.6 Å². The van der Waals surface area contributed by atoms with Gasteiger partial charge < -0.3 is 19.9 Å². The van der Waals surface area contributed by atoms with Crippen molar-refractivity contribution in [2.75, 3.05) is 51.0 Å². The molecule has 0 aliphatic carbocycles. The largest absolute Gasteiger partial charge is 0.486 e. The van der Waals surface area contributed by atoms with Crippen LogP contribution >= 0.6 is 0 Å². The van der Waals surface area contributed by atoms with Crippen LogP contribution in [0.5, 0.6) is 5.75 Å². The van der Waals surface area contributed by atoms with Gasteiger partial charge >= 0.3 is 0 Å². The van der Waals surface area contributed by atoms with Gasteiger partial charge in [0.2, 0.25) is 5.95 Å².